The minimum absolute atomic E-state index is 0.0902. The zero-order valence-corrected chi connectivity index (χ0v) is 11.9. The number of alkyl halides is 1. The summed E-state index contributed by atoms with van der Waals surface area (Å²) in [6.07, 6.45) is 1.27. The Balaban J connectivity index is 2.55. The summed E-state index contributed by atoms with van der Waals surface area (Å²) in [7, 11) is -3.28. The molecule has 0 amide bonds. The predicted octanol–water partition coefficient (Wildman–Crippen LogP) is 2.85. The summed E-state index contributed by atoms with van der Waals surface area (Å²) in [6.45, 7) is 2.48. The number of ether oxygens (including phenoxy) is 1. The summed E-state index contributed by atoms with van der Waals surface area (Å²) in [5.41, 5.74) is 0.546. The SMILES string of the molecule is CCOc1ccc(NS(=O)(=O)CCCCCl)cc1. The van der Waals surface area contributed by atoms with Crippen molar-refractivity contribution in [2.45, 2.75) is 19.8 Å². The Morgan fingerprint density at radius 3 is 2.44 bits per heavy atom. The van der Waals surface area contributed by atoms with Crippen molar-refractivity contribution in [3.63, 3.8) is 0 Å². The van der Waals surface area contributed by atoms with Gasteiger partial charge in [0.05, 0.1) is 12.4 Å². The number of rotatable bonds is 8. The molecule has 4 nitrogen and oxygen atoms in total. The van der Waals surface area contributed by atoms with Gasteiger partial charge in [0.15, 0.2) is 0 Å². The Morgan fingerprint density at radius 1 is 1.22 bits per heavy atom. The van der Waals surface area contributed by atoms with Crippen molar-refractivity contribution in [3.05, 3.63) is 24.3 Å². The van der Waals surface area contributed by atoms with Crippen LogP contribution in [0.25, 0.3) is 0 Å². The van der Waals surface area contributed by atoms with Gasteiger partial charge in [-0.05, 0) is 44.0 Å². The van der Waals surface area contributed by atoms with Crippen molar-refractivity contribution >= 4 is 27.3 Å². The van der Waals surface area contributed by atoms with Gasteiger partial charge >= 0.3 is 0 Å². The first kappa shape index (κ1) is 15.1. The molecule has 6 heteroatoms. The first-order valence-corrected chi connectivity index (χ1v) is 8.05. The maximum absolute atomic E-state index is 11.7. The molecule has 0 bridgehead atoms. The monoisotopic (exact) mass is 291 g/mol. The minimum atomic E-state index is -3.28. The average molecular weight is 292 g/mol. The summed E-state index contributed by atoms with van der Waals surface area (Å²) in [4.78, 5) is 0. The van der Waals surface area contributed by atoms with E-state index in [2.05, 4.69) is 4.72 Å². The standard InChI is InChI=1S/C12H18ClNO3S/c1-2-17-12-7-5-11(6-8-12)14-18(15,16)10-4-3-9-13/h5-8,14H,2-4,9-10H2,1H3. The summed E-state index contributed by atoms with van der Waals surface area (Å²) in [6, 6.07) is 6.84. The third-order valence-electron chi connectivity index (χ3n) is 2.24. The van der Waals surface area contributed by atoms with Crippen molar-refractivity contribution in [2.24, 2.45) is 0 Å². The zero-order valence-electron chi connectivity index (χ0n) is 10.4. The molecule has 0 saturated heterocycles. The highest BCUT2D eigenvalue weighted by Gasteiger charge is 2.09. The Morgan fingerprint density at radius 2 is 1.89 bits per heavy atom. The van der Waals surface area contributed by atoms with Gasteiger partial charge in [-0.15, -0.1) is 11.6 Å². The molecule has 0 radical (unpaired) electrons. The van der Waals surface area contributed by atoms with E-state index in [0.717, 1.165) is 5.75 Å². The third kappa shape index (κ3) is 5.60. The maximum atomic E-state index is 11.7. The number of nitrogens with one attached hydrogen (secondary N) is 1. The first-order chi connectivity index (χ1) is 8.57. The van der Waals surface area contributed by atoms with Gasteiger partial charge in [0.25, 0.3) is 0 Å². The van der Waals surface area contributed by atoms with Crippen LogP contribution < -0.4 is 9.46 Å². The largest absolute Gasteiger partial charge is 0.494 e. The summed E-state index contributed by atoms with van der Waals surface area (Å²) >= 11 is 5.51. The molecule has 0 aliphatic rings. The van der Waals surface area contributed by atoms with Crippen molar-refractivity contribution in [1.29, 1.82) is 0 Å². The molecule has 0 spiro atoms. The minimum Gasteiger partial charge on any atom is -0.494 e. The molecule has 18 heavy (non-hydrogen) atoms. The molecule has 0 atom stereocenters. The van der Waals surface area contributed by atoms with Crippen LogP contribution in [0.1, 0.15) is 19.8 Å². The molecular weight excluding hydrogens is 274 g/mol. The van der Waals surface area contributed by atoms with Crippen LogP contribution in [0.3, 0.4) is 0 Å². The molecule has 0 saturated carbocycles. The number of halogens is 1. The Hall–Kier alpha value is -0.940. The van der Waals surface area contributed by atoms with Crippen LogP contribution in [0.4, 0.5) is 5.69 Å². The molecule has 1 N–H and O–H groups in total. The lowest BCUT2D eigenvalue weighted by Crippen LogP contribution is -2.16. The molecule has 0 fully saturated rings. The molecule has 0 aliphatic heterocycles. The lowest BCUT2D eigenvalue weighted by Gasteiger charge is -2.08. The number of sulfonamides is 1. The van der Waals surface area contributed by atoms with E-state index in [1.54, 1.807) is 24.3 Å². The van der Waals surface area contributed by atoms with E-state index in [-0.39, 0.29) is 5.75 Å². The average Bonchev–Trinajstić information content (AvgIpc) is 2.32. The molecule has 1 aromatic carbocycles. The van der Waals surface area contributed by atoms with E-state index in [1.807, 2.05) is 6.92 Å². The lowest BCUT2D eigenvalue weighted by molar-refractivity contribution is 0.340. The van der Waals surface area contributed by atoms with E-state index in [4.69, 9.17) is 16.3 Å². The van der Waals surface area contributed by atoms with E-state index in [1.165, 1.54) is 0 Å². The van der Waals surface area contributed by atoms with Crippen LogP contribution in [0.2, 0.25) is 0 Å². The Kier molecular flexibility index (Phi) is 6.29. The molecule has 0 aliphatic carbocycles. The fourth-order valence-corrected chi connectivity index (χ4v) is 2.77. The van der Waals surface area contributed by atoms with Gasteiger partial charge in [-0.3, -0.25) is 4.72 Å². The maximum Gasteiger partial charge on any atom is 0.232 e. The first-order valence-electron chi connectivity index (χ1n) is 5.86. The van der Waals surface area contributed by atoms with Gasteiger partial charge in [0.1, 0.15) is 5.75 Å². The summed E-state index contributed by atoms with van der Waals surface area (Å²) in [5, 5.41) is 0. The molecule has 1 rings (SSSR count). The van der Waals surface area contributed by atoms with Crippen molar-refractivity contribution in [2.75, 3.05) is 23.0 Å². The van der Waals surface area contributed by atoms with Crippen LogP contribution in [-0.2, 0) is 10.0 Å². The highest BCUT2D eigenvalue weighted by atomic mass is 35.5. The van der Waals surface area contributed by atoms with E-state index in [0.29, 0.717) is 31.0 Å². The zero-order chi connectivity index (χ0) is 13.4. The van der Waals surface area contributed by atoms with Gasteiger partial charge in [0.2, 0.25) is 10.0 Å². The molecule has 0 heterocycles. The van der Waals surface area contributed by atoms with Gasteiger partial charge in [-0.1, -0.05) is 0 Å². The van der Waals surface area contributed by atoms with Crippen molar-refractivity contribution in [3.8, 4) is 5.75 Å². The van der Waals surface area contributed by atoms with Gasteiger partial charge in [-0.2, -0.15) is 0 Å². The predicted molar refractivity (Wildman–Crippen MR) is 75.0 cm³/mol. The second-order valence-corrected chi connectivity index (χ2v) is 5.99. The van der Waals surface area contributed by atoms with Crippen LogP contribution in [-0.4, -0.2) is 26.7 Å². The molecule has 0 unspecified atom stereocenters. The van der Waals surface area contributed by atoms with E-state index >= 15 is 0 Å². The Bertz CT molecular complexity index is 445. The molecular formula is C12H18ClNO3S. The normalized spacial score (nSPS) is 11.2. The summed E-state index contributed by atoms with van der Waals surface area (Å²) < 4.78 is 31.2. The van der Waals surface area contributed by atoms with Crippen LogP contribution >= 0.6 is 11.6 Å². The van der Waals surface area contributed by atoms with Crippen LogP contribution in [0.5, 0.6) is 5.75 Å². The molecule has 102 valence electrons. The number of hydrogen-bond acceptors (Lipinski definition) is 3. The van der Waals surface area contributed by atoms with E-state index in [9.17, 15) is 8.42 Å². The van der Waals surface area contributed by atoms with Crippen LogP contribution in [0, 0.1) is 0 Å². The Labute approximate surface area is 113 Å². The topological polar surface area (TPSA) is 55.4 Å². The van der Waals surface area contributed by atoms with E-state index < -0.39 is 10.0 Å². The second-order valence-electron chi connectivity index (χ2n) is 3.77. The second kappa shape index (κ2) is 7.48. The number of unbranched alkanes of at least 4 members (excludes halogenated alkanes) is 1. The fourth-order valence-electron chi connectivity index (χ4n) is 1.40. The van der Waals surface area contributed by atoms with Crippen molar-refractivity contribution in [1.82, 2.24) is 0 Å². The highest BCUT2D eigenvalue weighted by molar-refractivity contribution is 7.92. The van der Waals surface area contributed by atoms with Gasteiger partial charge in [-0.25, -0.2) is 8.42 Å². The summed E-state index contributed by atoms with van der Waals surface area (Å²) in [5.74, 6) is 1.30. The number of anilines is 1. The number of benzene rings is 1. The molecule has 0 aromatic heterocycles. The van der Waals surface area contributed by atoms with Gasteiger partial charge < -0.3 is 4.74 Å². The third-order valence-corrected chi connectivity index (χ3v) is 3.88. The smallest absolute Gasteiger partial charge is 0.232 e. The lowest BCUT2D eigenvalue weighted by atomic mass is 10.3. The fraction of sp³-hybridized carbons (Fsp3) is 0.500. The molecule has 1 aromatic rings. The highest BCUT2D eigenvalue weighted by Crippen LogP contribution is 2.17. The number of hydrogen-bond donors (Lipinski definition) is 1. The van der Waals surface area contributed by atoms with Crippen LogP contribution in [0.15, 0.2) is 24.3 Å². The quantitative estimate of drug-likeness (QED) is 0.592. The van der Waals surface area contributed by atoms with Crippen molar-refractivity contribution < 1.29 is 13.2 Å². The van der Waals surface area contributed by atoms with Gasteiger partial charge in [0, 0.05) is 11.6 Å².